The molecule has 10 rings (SSSR count). The lowest BCUT2D eigenvalue weighted by atomic mass is 9.79. The Balaban J connectivity index is 0.000000206. The van der Waals surface area contributed by atoms with E-state index in [4.69, 9.17) is 39.1 Å². The second-order valence-electron chi connectivity index (χ2n) is 30.4. The zero-order valence-electron chi connectivity index (χ0n) is 54.4. The highest BCUT2D eigenvalue weighted by Gasteiger charge is 2.38. The summed E-state index contributed by atoms with van der Waals surface area (Å²) in [5.41, 5.74) is 9.06. The summed E-state index contributed by atoms with van der Waals surface area (Å²) in [5.74, 6) is 6.10. The molecule has 0 aromatic carbocycles. The molecule has 6 aromatic heterocycles. The molecule has 4 fully saturated rings. The Morgan fingerprint density at radius 2 is 0.907 bits per heavy atom. The van der Waals surface area contributed by atoms with E-state index < -0.39 is 38.4 Å². The zero-order chi connectivity index (χ0) is 61.4. The van der Waals surface area contributed by atoms with Crippen LogP contribution in [0.15, 0.2) is 67.8 Å². The van der Waals surface area contributed by atoms with Crippen LogP contribution in [0.5, 0.6) is 0 Å². The van der Waals surface area contributed by atoms with Crippen molar-refractivity contribution in [1.29, 1.82) is 0 Å². The van der Waals surface area contributed by atoms with E-state index in [-0.39, 0.29) is 6.61 Å². The average Bonchev–Trinajstić information content (AvgIpc) is 2.23. The lowest BCUT2D eigenvalue weighted by Gasteiger charge is -2.30. The Kier molecular flexibility index (Phi) is 22.2. The van der Waals surface area contributed by atoms with Crippen molar-refractivity contribution >= 4 is 61.3 Å². The first-order valence-corrected chi connectivity index (χ1v) is 47.1. The maximum atomic E-state index is 10.0. The first-order chi connectivity index (χ1) is 40.9. The quantitative estimate of drug-likeness (QED) is 0.0258. The summed E-state index contributed by atoms with van der Waals surface area (Å²) in [6.07, 6.45) is 21.2. The Morgan fingerprint density at radius 3 is 1.22 bits per heavy atom. The number of hydrogen-bond acceptors (Lipinski definition) is 14. The van der Waals surface area contributed by atoms with Crippen molar-refractivity contribution in [3.8, 4) is 22.3 Å². The van der Waals surface area contributed by atoms with Crippen molar-refractivity contribution in [1.82, 2.24) is 39.2 Å². The number of aromatic nitrogens is 8. The number of rotatable bonds is 29. The highest BCUT2D eigenvalue weighted by atomic mass is 28.3. The number of ether oxygens (including phenoxy) is 4. The summed E-state index contributed by atoms with van der Waals surface area (Å²) in [6, 6.07) is 16.8. The van der Waals surface area contributed by atoms with Gasteiger partial charge in [-0.1, -0.05) is 123 Å². The Hall–Kier alpha value is -4.49. The fraction of sp³-hybridized carbons (Fsp3) is 0.636. The van der Waals surface area contributed by atoms with Crippen molar-refractivity contribution in [2.45, 2.75) is 185 Å². The molecule has 4 aliphatic rings. The number of nitrogens with zero attached hydrogens (tertiary/aromatic N) is 10. The number of anilines is 2. The summed E-state index contributed by atoms with van der Waals surface area (Å²) >= 11 is 0. The van der Waals surface area contributed by atoms with Crippen LogP contribution in [0.25, 0.3) is 39.6 Å². The van der Waals surface area contributed by atoms with Gasteiger partial charge in [0.15, 0.2) is 11.3 Å². The van der Waals surface area contributed by atoms with Crippen molar-refractivity contribution < 1.29 is 29.2 Å². The fourth-order valence-electron chi connectivity index (χ4n) is 12.8. The third kappa shape index (κ3) is 18.3. The van der Waals surface area contributed by atoms with Crippen LogP contribution in [-0.2, 0) is 18.9 Å². The molecule has 20 heteroatoms. The lowest BCUT2D eigenvalue weighted by molar-refractivity contribution is 0.0923. The van der Waals surface area contributed by atoms with E-state index in [1.54, 1.807) is 18.3 Å². The first kappa shape index (κ1) is 65.9. The molecule has 3 unspecified atom stereocenters. The first-order valence-electron chi connectivity index (χ1n) is 32.3. The normalized spacial score (nSPS) is 21.0. The van der Waals surface area contributed by atoms with Crippen LogP contribution in [0.3, 0.4) is 0 Å². The summed E-state index contributed by atoms with van der Waals surface area (Å²) in [7, 11) is -4.84. The topological polar surface area (TPSA) is 170 Å². The molecule has 4 aliphatic carbocycles. The maximum Gasteiger partial charge on any atom is 0.165 e. The van der Waals surface area contributed by atoms with Gasteiger partial charge in [-0.05, 0) is 105 Å². The Labute approximate surface area is 518 Å². The van der Waals surface area contributed by atoms with Gasteiger partial charge in [0.25, 0.3) is 0 Å². The molecular formula is C66H104N10O6Si4. The molecule has 6 heterocycles. The molecule has 4 bridgehead atoms. The zero-order valence-corrected chi connectivity index (χ0v) is 58.4. The summed E-state index contributed by atoms with van der Waals surface area (Å²) in [6.45, 7) is 36.9. The minimum atomic E-state index is -1.22. The molecular weight excluding hydrogens is 1140 g/mol. The second kappa shape index (κ2) is 29.0. The predicted molar refractivity (Wildman–Crippen MR) is 361 cm³/mol. The van der Waals surface area contributed by atoms with E-state index in [9.17, 15) is 10.2 Å². The molecule has 2 N–H and O–H groups in total. The molecule has 0 spiro atoms. The summed E-state index contributed by atoms with van der Waals surface area (Å²) < 4.78 is 29.2. The van der Waals surface area contributed by atoms with Crippen LogP contribution >= 0.6 is 0 Å². The van der Waals surface area contributed by atoms with Gasteiger partial charge >= 0.3 is 0 Å². The van der Waals surface area contributed by atoms with E-state index in [0.717, 1.165) is 131 Å². The Morgan fingerprint density at radius 1 is 0.535 bits per heavy atom. The van der Waals surface area contributed by atoms with E-state index in [0.29, 0.717) is 44.5 Å². The van der Waals surface area contributed by atoms with Crippen LogP contribution in [0.1, 0.15) is 105 Å². The van der Waals surface area contributed by atoms with Crippen molar-refractivity contribution in [3.63, 3.8) is 0 Å². The highest BCUT2D eigenvalue weighted by molar-refractivity contribution is 6.77. The average molecular weight is 1250 g/mol. The monoisotopic (exact) mass is 1240 g/mol. The molecule has 470 valence electrons. The predicted octanol–water partition coefficient (Wildman–Crippen LogP) is 14.7. The van der Waals surface area contributed by atoms with Gasteiger partial charge in [0.2, 0.25) is 0 Å². The molecule has 6 aromatic rings. The molecule has 0 aliphatic heterocycles. The number of aliphatic hydroxyl groups is 2. The van der Waals surface area contributed by atoms with Crippen molar-refractivity contribution in [3.05, 3.63) is 90.5 Å². The van der Waals surface area contributed by atoms with Gasteiger partial charge in [0.05, 0.1) is 30.4 Å². The van der Waals surface area contributed by atoms with E-state index in [1.807, 2.05) is 39.8 Å². The lowest BCUT2D eigenvalue weighted by Crippen LogP contribution is -2.33. The third-order valence-electron chi connectivity index (χ3n) is 18.1. The van der Waals surface area contributed by atoms with E-state index in [2.05, 4.69) is 123 Å². The van der Waals surface area contributed by atoms with E-state index >= 15 is 0 Å². The van der Waals surface area contributed by atoms with Crippen LogP contribution in [0.2, 0.25) is 103 Å². The van der Waals surface area contributed by atoms with Gasteiger partial charge in [-0.25, -0.2) is 9.97 Å². The summed E-state index contributed by atoms with van der Waals surface area (Å²) in [4.78, 5) is 24.0. The molecule has 86 heavy (non-hydrogen) atoms. The van der Waals surface area contributed by atoms with E-state index in [1.165, 1.54) is 69.9 Å². The molecule has 16 nitrogen and oxygen atoms in total. The Bertz CT molecular complexity index is 3070. The molecule has 7 atom stereocenters. The number of fused-ring (bicyclic) bond motifs is 6. The van der Waals surface area contributed by atoms with Crippen molar-refractivity contribution in [2.24, 2.45) is 23.7 Å². The van der Waals surface area contributed by atoms with Gasteiger partial charge in [-0.2, -0.15) is 19.2 Å². The number of aliphatic hydroxyl groups excluding tert-OH is 2. The summed E-state index contributed by atoms with van der Waals surface area (Å²) in [5, 5.41) is 29.1. The minimum absolute atomic E-state index is 0.365. The molecule has 4 saturated carbocycles. The number of hydrogen-bond donors (Lipinski definition) is 2. The van der Waals surface area contributed by atoms with Gasteiger partial charge in [0.1, 0.15) is 44.7 Å². The molecule has 0 radical (unpaired) electrons. The second-order valence-corrected chi connectivity index (χ2v) is 52.9. The van der Waals surface area contributed by atoms with Gasteiger partial charge < -0.3 is 39.0 Å². The van der Waals surface area contributed by atoms with Crippen LogP contribution < -0.4 is 9.80 Å². The van der Waals surface area contributed by atoms with Gasteiger partial charge in [-0.15, -0.1) is 0 Å². The smallest absolute Gasteiger partial charge is 0.165 e. The van der Waals surface area contributed by atoms with Gasteiger partial charge in [-0.3, -0.25) is 9.97 Å². The van der Waals surface area contributed by atoms with Crippen LogP contribution in [0.4, 0.5) is 11.6 Å². The largest absolute Gasteiger partial charge is 0.393 e. The fourth-order valence-corrected chi connectivity index (χ4v) is 15.8. The third-order valence-corrected chi connectivity index (χ3v) is 24.9. The van der Waals surface area contributed by atoms with Crippen LogP contribution in [-0.4, -0.2) is 142 Å². The van der Waals surface area contributed by atoms with Crippen molar-refractivity contribution in [2.75, 3.05) is 69.8 Å². The maximum absolute atomic E-state index is 10.0. The van der Waals surface area contributed by atoms with Gasteiger partial charge in [0, 0.05) is 129 Å². The SMILES string of the molecule is C=Cc1ccc(-c2cnn3c(N(COCC[Si](C)(C)C)COCC[Si](C)(C)C)cc(C4C[C@H]5CC[C@@H](C4)C5)nc23)cn1.C[Si](C)(C)CCOCN(COCC[Si](C)(C)C)c1cc(C2C[C@H]3CC[C@@H](C2)C3)nc2c(-c3ccc(C(O)CO)nc3)cnn12. The standard InChI is InChI=1S/C33H53N5O4Si2.C33H51N5O2Si2/c1-43(2,3)13-11-41-22-37(23-42-12-14-44(4,5)6)32-18-30(27-16-24-7-8-25(15-24)17-27)36-33-28(20-35-38(32)33)26-9-10-29(34-19-26)31(40)21-39;1-8-29-12-11-27(21-34-29)30-22-35-38-32(20-31(36-33(30)38)28-18-25-9-10-26(17-25)19-28)37(23-39-13-15-41(2,3)4)24-40-14-16-42(5,6)7/h9-10,18-20,24-25,27,31,39-40H,7-8,11-17,21-23H2,1-6H3;8,11-12,20-22,25-26,28H,1,9-10,13-19,23-24H2,2-7H3/t24-,25+,27?,31?;25-,26+,28?. The highest BCUT2D eigenvalue weighted by Crippen LogP contribution is 2.50. The minimum Gasteiger partial charge on any atom is -0.393 e. The number of pyridine rings is 2. The molecule has 0 saturated heterocycles. The molecule has 0 amide bonds. The van der Waals surface area contributed by atoms with Crippen LogP contribution in [0, 0.1) is 23.7 Å².